The zero-order valence-electron chi connectivity index (χ0n) is 15.4. The molecule has 0 amide bonds. The molecule has 0 aromatic carbocycles. The van der Waals surface area contributed by atoms with Gasteiger partial charge in [-0.3, -0.25) is 14.4 Å². The third kappa shape index (κ3) is 4.71. The summed E-state index contributed by atoms with van der Waals surface area (Å²) in [6.45, 7) is 8.33. The van der Waals surface area contributed by atoms with Gasteiger partial charge in [0.2, 0.25) is 0 Å². The summed E-state index contributed by atoms with van der Waals surface area (Å²) < 4.78 is 16.4. The van der Waals surface area contributed by atoms with Gasteiger partial charge in [-0.2, -0.15) is 0 Å². The Hall–Kier alpha value is -2.11. The van der Waals surface area contributed by atoms with Crippen molar-refractivity contribution in [1.82, 2.24) is 0 Å². The van der Waals surface area contributed by atoms with Gasteiger partial charge in [-0.15, -0.1) is 0 Å². The van der Waals surface area contributed by atoms with Crippen LogP contribution < -0.4 is 0 Å². The van der Waals surface area contributed by atoms with E-state index >= 15 is 0 Å². The standard InChI is InChI=1S/C19H26O6/c1-10-6-7-15(23-13(4)20)11(2)9-17-18(12(3)19(22)25-17)16(8-10)24-14(5)21/h6,9,12,15-18H,7-8H2,1-5H3/b10-6-,11-9-/t12-,15-,16-,17-,18-/m1/s1. The van der Waals surface area contributed by atoms with Gasteiger partial charge in [0.15, 0.2) is 0 Å². The summed E-state index contributed by atoms with van der Waals surface area (Å²) in [5.74, 6) is -1.68. The van der Waals surface area contributed by atoms with Gasteiger partial charge in [-0.05, 0) is 25.5 Å². The van der Waals surface area contributed by atoms with E-state index in [9.17, 15) is 14.4 Å². The minimum absolute atomic E-state index is 0.272. The Bertz CT molecular complexity index is 617. The van der Waals surface area contributed by atoms with E-state index in [0.717, 1.165) is 11.1 Å². The molecule has 2 aliphatic rings. The van der Waals surface area contributed by atoms with E-state index in [4.69, 9.17) is 14.2 Å². The van der Waals surface area contributed by atoms with Gasteiger partial charge in [0.1, 0.15) is 18.3 Å². The lowest BCUT2D eigenvalue weighted by atomic mass is 9.82. The largest absolute Gasteiger partial charge is 0.462 e. The van der Waals surface area contributed by atoms with E-state index in [-0.39, 0.29) is 29.7 Å². The molecule has 0 radical (unpaired) electrons. The van der Waals surface area contributed by atoms with Gasteiger partial charge in [0, 0.05) is 26.7 Å². The Morgan fingerprint density at radius 2 is 1.80 bits per heavy atom. The Labute approximate surface area is 148 Å². The maximum Gasteiger partial charge on any atom is 0.309 e. The van der Waals surface area contributed by atoms with Crippen LogP contribution in [0.2, 0.25) is 0 Å². The van der Waals surface area contributed by atoms with E-state index in [0.29, 0.717) is 12.8 Å². The molecule has 6 heteroatoms. The maximum absolute atomic E-state index is 12.1. The first-order chi connectivity index (χ1) is 11.7. The molecule has 5 atom stereocenters. The monoisotopic (exact) mass is 350 g/mol. The normalized spacial score (nSPS) is 36.8. The van der Waals surface area contributed by atoms with Crippen LogP contribution in [-0.2, 0) is 28.6 Å². The van der Waals surface area contributed by atoms with Crippen molar-refractivity contribution < 1.29 is 28.6 Å². The SMILES string of the molecule is CC(=O)O[C@@H]1C/C=C(/C)C[C@@H](OC(C)=O)[C@@H]2[C@@H](/C=C\1C)OC(=O)[C@@H]2C. The van der Waals surface area contributed by atoms with Crippen LogP contribution in [0.5, 0.6) is 0 Å². The van der Waals surface area contributed by atoms with Crippen molar-refractivity contribution >= 4 is 17.9 Å². The Morgan fingerprint density at radius 1 is 1.16 bits per heavy atom. The topological polar surface area (TPSA) is 78.9 Å². The molecule has 1 aliphatic heterocycles. The molecule has 0 saturated carbocycles. The Balaban J connectivity index is 2.41. The third-order valence-electron chi connectivity index (χ3n) is 4.77. The fourth-order valence-electron chi connectivity index (χ4n) is 3.51. The van der Waals surface area contributed by atoms with E-state index in [2.05, 4.69) is 0 Å². The summed E-state index contributed by atoms with van der Waals surface area (Å²) in [5, 5.41) is 0. The van der Waals surface area contributed by atoms with E-state index in [1.54, 1.807) is 6.92 Å². The van der Waals surface area contributed by atoms with Gasteiger partial charge < -0.3 is 14.2 Å². The summed E-state index contributed by atoms with van der Waals surface area (Å²) in [6.07, 6.45) is 3.52. The molecule has 1 aliphatic carbocycles. The maximum atomic E-state index is 12.1. The van der Waals surface area contributed by atoms with Gasteiger partial charge in [0.05, 0.1) is 11.8 Å². The lowest BCUT2D eigenvalue weighted by Crippen LogP contribution is -2.35. The van der Waals surface area contributed by atoms with Crippen LogP contribution in [0.3, 0.4) is 0 Å². The van der Waals surface area contributed by atoms with E-state index in [1.165, 1.54) is 13.8 Å². The molecule has 0 N–H and O–H groups in total. The summed E-state index contributed by atoms with van der Waals surface area (Å²) in [6, 6.07) is 0. The molecule has 0 aromatic heterocycles. The molecule has 0 bridgehead atoms. The first kappa shape index (κ1) is 19.2. The summed E-state index contributed by atoms with van der Waals surface area (Å²) in [5.41, 5.74) is 1.84. The first-order valence-corrected chi connectivity index (χ1v) is 8.58. The molecule has 1 saturated heterocycles. The van der Waals surface area contributed by atoms with Crippen molar-refractivity contribution in [1.29, 1.82) is 0 Å². The molecule has 0 aromatic rings. The van der Waals surface area contributed by atoms with Crippen molar-refractivity contribution in [3.05, 3.63) is 23.3 Å². The van der Waals surface area contributed by atoms with Crippen molar-refractivity contribution in [2.75, 3.05) is 0 Å². The van der Waals surface area contributed by atoms with Crippen LogP contribution in [-0.4, -0.2) is 36.2 Å². The number of fused-ring (bicyclic) bond motifs is 1. The smallest absolute Gasteiger partial charge is 0.309 e. The number of carbonyl (C=O) groups is 3. The predicted molar refractivity (Wildman–Crippen MR) is 90.4 cm³/mol. The number of esters is 3. The van der Waals surface area contributed by atoms with E-state index in [1.807, 2.05) is 26.0 Å². The van der Waals surface area contributed by atoms with Crippen LogP contribution in [0, 0.1) is 11.8 Å². The summed E-state index contributed by atoms with van der Waals surface area (Å²) in [7, 11) is 0. The lowest BCUT2D eigenvalue weighted by Gasteiger charge is -2.29. The van der Waals surface area contributed by atoms with E-state index < -0.39 is 18.3 Å². The lowest BCUT2D eigenvalue weighted by molar-refractivity contribution is -0.150. The molecule has 0 spiro atoms. The Morgan fingerprint density at radius 3 is 2.40 bits per heavy atom. The summed E-state index contributed by atoms with van der Waals surface area (Å²) in [4.78, 5) is 35.1. The molecular formula is C19H26O6. The highest BCUT2D eigenvalue weighted by Gasteiger charge is 2.47. The Kier molecular flexibility index (Phi) is 6.03. The number of rotatable bonds is 2. The van der Waals surface area contributed by atoms with Gasteiger partial charge in [0.25, 0.3) is 0 Å². The highest BCUT2D eigenvalue weighted by atomic mass is 16.6. The minimum Gasteiger partial charge on any atom is -0.462 e. The molecule has 6 nitrogen and oxygen atoms in total. The van der Waals surface area contributed by atoms with Crippen LogP contribution in [0.1, 0.15) is 47.5 Å². The fourth-order valence-corrected chi connectivity index (χ4v) is 3.51. The zero-order chi connectivity index (χ0) is 18.7. The molecule has 1 heterocycles. The van der Waals surface area contributed by atoms with Crippen molar-refractivity contribution in [3.8, 4) is 0 Å². The highest BCUT2D eigenvalue weighted by molar-refractivity contribution is 5.75. The van der Waals surface area contributed by atoms with Crippen LogP contribution in [0.15, 0.2) is 23.3 Å². The van der Waals surface area contributed by atoms with Crippen LogP contribution >= 0.6 is 0 Å². The molecule has 138 valence electrons. The van der Waals surface area contributed by atoms with Crippen molar-refractivity contribution in [2.24, 2.45) is 11.8 Å². The first-order valence-electron chi connectivity index (χ1n) is 8.58. The van der Waals surface area contributed by atoms with Crippen LogP contribution in [0.4, 0.5) is 0 Å². The van der Waals surface area contributed by atoms with Crippen molar-refractivity contribution in [2.45, 2.75) is 65.8 Å². The quantitative estimate of drug-likeness (QED) is 0.433. The second-order valence-corrected chi connectivity index (χ2v) is 6.91. The number of carbonyl (C=O) groups excluding carboxylic acids is 3. The summed E-state index contributed by atoms with van der Waals surface area (Å²) >= 11 is 0. The van der Waals surface area contributed by atoms with Crippen molar-refractivity contribution in [3.63, 3.8) is 0 Å². The van der Waals surface area contributed by atoms with Gasteiger partial charge >= 0.3 is 17.9 Å². The molecule has 2 rings (SSSR count). The molecule has 1 fully saturated rings. The average Bonchev–Trinajstić information content (AvgIpc) is 2.75. The second kappa shape index (κ2) is 7.85. The average molecular weight is 350 g/mol. The van der Waals surface area contributed by atoms with Gasteiger partial charge in [-0.1, -0.05) is 18.6 Å². The molecule has 25 heavy (non-hydrogen) atoms. The third-order valence-corrected chi connectivity index (χ3v) is 4.77. The predicted octanol–water partition coefficient (Wildman–Crippen LogP) is 2.71. The van der Waals surface area contributed by atoms with Crippen LogP contribution in [0.25, 0.3) is 0 Å². The second-order valence-electron chi connectivity index (χ2n) is 6.91. The molecule has 0 unspecified atom stereocenters. The highest BCUT2D eigenvalue weighted by Crippen LogP contribution is 2.37. The zero-order valence-corrected chi connectivity index (χ0v) is 15.4. The number of ether oxygens (including phenoxy) is 3. The molecular weight excluding hydrogens is 324 g/mol. The van der Waals surface area contributed by atoms with Gasteiger partial charge in [-0.25, -0.2) is 0 Å². The number of hydrogen-bond acceptors (Lipinski definition) is 6. The number of hydrogen-bond donors (Lipinski definition) is 0. The minimum atomic E-state index is -0.504. The fraction of sp³-hybridized carbons (Fsp3) is 0.632.